The van der Waals surface area contributed by atoms with Gasteiger partial charge in [0.1, 0.15) is 17.9 Å². The van der Waals surface area contributed by atoms with Crippen molar-refractivity contribution in [1.29, 1.82) is 0 Å². The van der Waals surface area contributed by atoms with Gasteiger partial charge in [0.2, 0.25) is 0 Å². The van der Waals surface area contributed by atoms with Crippen LogP contribution in [0.25, 0.3) is 16.8 Å². The van der Waals surface area contributed by atoms with Crippen molar-refractivity contribution in [3.05, 3.63) is 83.4 Å². The van der Waals surface area contributed by atoms with E-state index in [0.717, 1.165) is 16.3 Å². The molecule has 4 heteroatoms. The first-order chi connectivity index (χ1) is 14.0. The van der Waals surface area contributed by atoms with Crippen molar-refractivity contribution in [2.75, 3.05) is 0 Å². The summed E-state index contributed by atoms with van der Waals surface area (Å²) < 4.78 is 11.3. The Morgan fingerprint density at radius 3 is 2.31 bits per heavy atom. The molecule has 0 saturated heterocycles. The maximum Gasteiger partial charge on any atom is 0.342 e. The van der Waals surface area contributed by atoms with Gasteiger partial charge in [-0.25, -0.2) is 4.79 Å². The molecule has 148 valence electrons. The predicted octanol–water partition coefficient (Wildman–Crippen LogP) is 5.34. The lowest BCUT2D eigenvalue weighted by molar-refractivity contribution is -0.143. The van der Waals surface area contributed by atoms with E-state index in [1.165, 1.54) is 6.92 Å². The number of ketones is 1. The van der Waals surface area contributed by atoms with Crippen LogP contribution in [0.5, 0.6) is 5.75 Å². The monoisotopic (exact) mass is 388 g/mol. The van der Waals surface area contributed by atoms with E-state index in [2.05, 4.69) is 0 Å². The van der Waals surface area contributed by atoms with Gasteiger partial charge in [0.15, 0.2) is 5.78 Å². The quantitative estimate of drug-likeness (QED) is 0.237. The Bertz CT molecular complexity index is 1050. The second-order valence-corrected chi connectivity index (χ2v) is 7.04. The Labute approximate surface area is 170 Å². The Morgan fingerprint density at radius 2 is 1.62 bits per heavy atom. The molecule has 0 fully saturated rings. The SMILES string of the molecule is CC(=O)/C(=C/c1c(OCc2ccccc2)ccc2ccccc12)C(=O)OC(C)C. The molecule has 0 radical (unpaired) electrons. The first-order valence-electron chi connectivity index (χ1n) is 9.58. The summed E-state index contributed by atoms with van der Waals surface area (Å²) in [6.07, 6.45) is 1.27. The Balaban J connectivity index is 2.07. The van der Waals surface area contributed by atoms with Gasteiger partial charge in [0.25, 0.3) is 0 Å². The maximum absolute atomic E-state index is 12.5. The van der Waals surface area contributed by atoms with E-state index < -0.39 is 5.97 Å². The van der Waals surface area contributed by atoms with E-state index in [-0.39, 0.29) is 17.5 Å². The third-order valence-corrected chi connectivity index (χ3v) is 4.40. The van der Waals surface area contributed by atoms with Crippen LogP contribution in [0.4, 0.5) is 0 Å². The van der Waals surface area contributed by atoms with Crippen LogP contribution < -0.4 is 4.74 Å². The van der Waals surface area contributed by atoms with Crippen molar-refractivity contribution in [2.45, 2.75) is 33.5 Å². The lowest BCUT2D eigenvalue weighted by atomic mass is 10.00. The van der Waals surface area contributed by atoms with E-state index >= 15 is 0 Å². The summed E-state index contributed by atoms with van der Waals surface area (Å²) in [6.45, 7) is 5.25. The second kappa shape index (κ2) is 9.20. The molecule has 3 aromatic rings. The minimum atomic E-state index is -0.630. The number of hydrogen-bond donors (Lipinski definition) is 0. The van der Waals surface area contributed by atoms with Crippen LogP contribution in [0.2, 0.25) is 0 Å². The van der Waals surface area contributed by atoms with E-state index in [1.807, 2.05) is 66.7 Å². The molecule has 0 aliphatic heterocycles. The van der Waals surface area contributed by atoms with Gasteiger partial charge in [-0.05, 0) is 49.2 Å². The van der Waals surface area contributed by atoms with Crippen molar-refractivity contribution in [1.82, 2.24) is 0 Å². The summed E-state index contributed by atoms with van der Waals surface area (Å²) in [6, 6.07) is 21.4. The molecule has 3 aromatic carbocycles. The summed E-state index contributed by atoms with van der Waals surface area (Å²) in [4.78, 5) is 24.7. The largest absolute Gasteiger partial charge is 0.488 e. The number of esters is 1. The fourth-order valence-corrected chi connectivity index (χ4v) is 3.01. The zero-order chi connectivity index (χ0) is 20.8. The minimum absolute atomic E-state index is 0.000357. The molecule has 0 aromatic heterocycles. The van der Waals surface area contributed by atoms with Crippen molar-refractivity contribution in [2.24, 2.45) is 0 Å². The molecule has 29 heavy (non-hydrogen) atoms. The van der Waals surface area contributed by atoms with E-state index in [9.17, 15) is 9.59 Å². The Hall–Kier alpha value is -3.40. The number of Topliss-reactive ketones (excluding diaryl/α,β-unsaturated/α-hetero) is 1. The van der Waals surface area contributed by atoms with Crippen molar-refractivity contribution >= 4 is 28.6 Å². The maximum atomic E-state index is 12.5. The number of hydrogen-bond acceptors (Lipinski definition) is 4. The third-order valence-electron chi connectivity index (χ3n) is 4.40. The van der Waals surface area contributed by atoms with Gasteiger partial charge in [-0.1, -0.05) is 60.7 Å². The van der Waals surface area contributed by atoms with Crippen molar-refractivity contribution in [3.63, 3.8) is 0 Å². The van der Waals surface area contributed by atoms with Gasteiger partial charge in [0.05, 0.1) is 6.10 Å². The van der Waals surface area contributed by atoms with Crippen LogP contribution in [0.15, 0.2) is 72.3 Å². The van der Waals surface area contributed by atoms with Crippen LogP contribution >= 0.6 is 0 Å². The summed E-state index contributed by atoms with van der Waals surface area (Å²) >= 11 is 0. The predicted molar refractivity (Wildman–Crippen MR) is 115 cm³/mol. The van der Waals surface area contributed by atoms with Gasteiger partial charge in [-0.15, -0.1) is 0 Å². The highest BCUT2D eigenvalue weighted by Gasteiger charge is 2.19. The molecular formula is C25H24O4. The second-order valence-electron chi connectivity index (χ2n) is 7.04. The van der Waals surface area contributed by atoms with E-state index in [4.69, 9.17) is 9.47 Å². The molecule has 0 atom stereocenters. The first kappa shape index (κ1) is 20.3. The van der Waals surface area contributed by atoms with Crippen LogP contribution in [0.3, 0.4) is 0 Å². The molecule has 3 rings (SSSR count). The highest BCUT2D eigenvalue weighted by Crippen LogP contribution is 2.31. The molecule has 0 bridgehead atoms. The molecule has 0 aliphatic carbocycles. The lowest BCUT2D eigenvalue weighted by Gasteiger charge is -2.14. The van der Waals surface area contributed by atoms with Crippen molar-refractivity contribution < 1.29 is 19.1 Å². The smallest absolute Gasteiger partial charge is 0.342 e. The molecule has 0 spiro atoms. The fourth-order valence-electron chi connectivity index (χ4n) is 3.01. The molecule has 0 unspecified atom stereocenters. The average Bonchev–Trinajstić information content (AvgIpc) is 2.70. The summed E-state index contributed by atoms with van der Waals surface area (Å²) in [5, 5.41) is 1.89. The minimum Gasteiger partial charge on any atom is -0.488 e. The number of ether oxygens (including phenoxy) is 2. The van der Waals surface area contributed by atoms with Gasteiger partial charge in [-0.3, -0.25) is 4.79 Å². The highest BCUT2D eigenvalue weighted by molar-refractivity contribution is 6.20. The van der Waals surface area contributed by atoms with Crippen LogP contribution in [-0.4, -0.2) is 17.9 Å². The molecule has 0 saturated carbocycles. The fraction of sp³-hybridized carbons (Fsp3) is 0.200. The first-order valence-corrected chi connectivity index (χ1v) is 9.58. The van der Waals surface area contributed by atoms with Gasteiger partial charge >= 0.3 is 5.97 Å². The highest BCUT2D eigenvalue weighted by atomic mass is 16.5. The normalized spacial score (nSPS) is 11.5. The zero-order valence-electron chi connectivity index (χ0n) is 16.8. The molecular weight excluding hydrogens is 364 g/mol. The molecule has 0 amide bonds. The molecule has 0 N–H and O–H groups in total. The number of rotatable bonds is 7. The zero-order valence-corrected chi connectivity index (χ0v) is 16.8. The average molecular weight is 388 g/mol. The molecule has 0 heterocycles. The molecule has 4 nitrogen and oxygen atoms in total. The van der Waals surface area contributed by atoms with Crippen LogP contribution in [-0.2, 0) is 20.9 Å². The molecule has 0 aliphatic rings. The van der Waals surface area contributed by atoms with Gasteiger partial charge in [-0.2, -0.15) is 0 Å². The summed E-state index contributed by atoms with van der Waals surface area (Å²) in [5.74, 6) is -0.379. The van der Waals surface area contributed by atoms with Gasteiger partial charge in [0, 0.05) is 5.56 Å². The Kier molecular flexibility index (Phi) is 6.45. The lowest BCUT2D eigenvalue weighted by Crippen LogP contribution is -2.17. The standard InChI is InChI=1S/C25H24O4/c1-17(2)29-25(27)22(18(3)26)15-23-21-12-8-7-11-20(21)13-14-24(23)28-16-19-9-5-4-6-10-19/h4-15,17H,16H2,1-3H3/b22-15-. The number of fused-ring (bicyclic) bond motifs is 1. The van der Waals surface area contributed by atoms with Crippen LogP contribution in [0.1, 0.15) is 31.9 Å². The summed E-state index contributed by atoms with van der Waals surface area (Å²) in [5.41, 5.74) is 1.71. The number of benzene rings is 3. The van der Waals surface area contributed by atoms with Gasteiger partial charge < -0.3 is 9.47 Å². The topological polar surface area (TPSA) is 52.6 Å². The van der Waals surface area contributed by atoms with Crippen molar-refractivity contribution in [3.8, 4) is 5.75 Å². The Morgan fingerprint density at radius 1 is 0.931 bits per heavy atom. The summed E-state index contributed by atoms with van der Waals surface area (Å²) in [7, 11) is 0. The van der Waals surface area contributed by atoms with E-state index in [1.54, 1.807) is 19.9 Å². The van der Waals surface area contributed by atoms with E-state index in [0.29, 0.717) is 17.9 Å². The number of carbonyl (C=O) groups excluding carboxylic acids is 2. The van der Waals surface area contributed by atoms with Crippen LogP contribution in [0, 0.1) is 0 Å². The number of carbonyl (C=O) groups is 2. The third kappa shape index (κ3) is 5.11.